The molecule has 1 aliphatic rings. The van der Waals surface area contributed by atoms with Crippen molar-refractivity contribution in [3.05, 3.63) is 40.4 Å². The Hall–Kier alpha value is -0.990. The molecule has 0 fully saturated rings. The third-order valence-electron chi connectivity index (χ3n) is 3.81. The normalized spacial score (nSPS) is 16.5. The molecule has 3 heteroatoms. The summed E-state index contributed by atoms with van der Waals surface area (Å²) < 4.78 is 0. The summed E-state index contributed by atoms with van der Waals surface area (Å²) in [5.74, 6) is 0. The molecule has 0 saturated heterocycles. The number of nitrogens with zero attached hydrogens (tertiary/aromatic N) is 1. The zero-order valence-electron chi connectivity index (χ0n) is 12.0. The van der Waals surface area contributed by atoms with Gasteiger partial charge in [0.1, 0.15) is 0 Å². The van der Waals surface area contributed by atoms with Crippen LogP contribution in [0.15, 0.2) is 29.8 Å². The lowest BCUT2D eigenvalue weighted by atomic mass is 9.83. The van der Waals surface area contributed by atoms with E-state index in [2.05, 4.69) is 37.8 Å². The minimum absolute atomic E-state index is 0.275. The number of hydrogen-bond acceptors (Lipinski definition) is 2. The van der Waals surface area contributed by atoms with Crippen LogP contribution in [0.25, 0.3) is 0 Å². The zero-order valence-corrected chi connectivity index (χ0v) is 12.8. The molecule has 1 aromatic carbocycles. The van der Waals surface area contributed by atoms with Gasteiger partial charge in [-0.15, -0.1) is 0 Å². The van der Waals surface area contributed by atoms with Crippen molar-refractivity contribution < 1.29 is 0 Å². The Kier molecular flexibility index (Phi) is 4.22. The molecule has 0 saturated carbocycles. The monoisotopic (exact) mass is 278 g/mol. The van der Waals surface area contributed by atoms with Gasteiger partial charge in [-0.2, -0.15) is 0 Å². The fraction of sp³-hybridized carbons (Fsp3) is 0.500. The van der Waals surface area contributed by atoms with Gasteiger partial charge in [0.05, 0.1) is 0 Å². The Labute approximate surface area is 121 Å². The first-order valence-corrected chi connectivity index (χ1v) is 7.23. The van der Waals surface area contributed by atoms with E-state index in [9.17, 15) is 0 Å². The summed E-state index contributed by atoms with van der Waals surface area (Å²) >= 11 is 6.23. The fourth-order valence-corrected chi connectivity index (χ4v) is 2.86. The quantitative estimate of drug-likeness (QED) is 0.829. The zero-order chi connectivity index (χ0) is 14.0. The van der Waals surface area contributed by atoms with Crippen molar-refractivity contribution in [1.82, 2.24) is 0 Å². The molecule has 2 nitrogen and oxygen atoms in total. The highest BCUT2D eigenvalue weighted by Crippen LogP contribution is 2.33. The largest absolute Gasteiger partial charge is 0.367 e. The lowest BCUT2D eigenvalue weighted by Crippen LogP contribution is -2.32. The summed E-state index contributed by atoms with van der Waals surface area (Å²) in [6.07, 6.45) is 3.46. The van der Waals surface area contributed by atoms with Crippen molar-refractivity contribution in [2.45, 2.75) is 33.7 Å². The van der Waals surface area contributed by atoms with Gasteiger partial charge in [0.2, 0.25) is 0 Å². The molecule has 0 bridgehead atoms. The van der Waals surface area contributed by atoms with E-state index >= 15 is 0 Å². The summed E-state index contributed by atoms with van der Waals surface area (Å²) in [5.41, 5.74) is 9.88. The number of hydrogen-bond donors (Lipinski definition) is 1. The molecular weight excluding hydrogens is 256 g/mol. The summed E-state index contributed by atoms with van der Waals surface area (Å²) in [4.78, 5) is 2.36. The molecule has 0 radical (unpaired) electrons. The third-order valence-corrected chi connectivity index (χ3v) is 4.17. The maximum absolute atomic E-state index is 6.23. The molecule has 0 unspecified atom stereocenters. The fourth-order valence-electron chi connectivity index (χ4n) is 2.61. The first-order chi connectivity index (χ1) is 8.93. The average molecular weight is 279 g/mol. The first-order valence-electron chi connectivity index (χ1n) is 6.85. The molecule has 19 heavy (non-hydrogen) atoms. The summed E-state index contributed by atoms with van der Waals surface area (Å²) in [6.45, 7) is 9.30. The van der Waals surface area contributed by atoms with Crippen LogP contribution in [0.2, 0.25) is 5.02 Å². The van der Waals surface area contributed by atoms with Crippen molar-refractivity contribution in [3.8, 4) is 0 Å². The predicted molar refractivity (Wildman–Crippen MR) is 83.7 cm³/mol. The van der Waals surface area contributed by atoms with Gasteiger partial charge in [0, 0.05) is 35.9 Å². The smallest absolute Gasteiger partial charge is 0.0471 e. The van der Waals surface area contributed by atoms with Crippen molar-refractivity contribution in [3.63, 3.8) is 0 Å². The van der Waals surface area contributed by atoms with Crippen molar-refractivity contribution in [2.24, 2.45) is 11.1 Å². The lowest BCUT2D eigenvalue weighted by Gasteiger charge is -2.34. The van der Waals surface area contributed by atoms with E-state index < -0.39 is 0 Å². The number of halogens is 1. The van der Waals surface area contributed by atoms with Gasteiger partial charge in [-0.25, -0.2) is 0 Å². The van der Waals surface area contributed by atoms with E-state index in [-0.39, 0.29) is 5.41 Å². The molecule has 0 atom stereocenters. The maximum atomic E-state index is 6.23. The van der Waals surface area contributed by atoms with Crippen LogP contribution in [-0.2, 0) is 6.54 Å². The highest BCUT2D eigenvalue weighted by Gasteiger charge is 2.22. The number of rotatable bonds is 2. The van der Waals surface area contributed by atoms with Crippen LogP contribution < -0.4 is 10.6 Å². The highest BCUT2D eigenvalue weighted by atomic mass is 35.5. The predicted octanol–water partition coefficient (Wildman–Crippen LogP) is 3.98. The van der Waals surface area contributed by atoms with Crippen LogP contribution in [0.5, 0.6) is 0 Å². The van der Waals surface area contributed by atoms with Crippen molar-refractivity contribution >= 4 is 17.3 Å². The van der Waals surface area contributed by atoms with E-state index in [0.717, 1.165) is 30.1 Å². The van der Waals surface area contributed by atoms with Crippen LogP contribution in [0.1, 0.15) is 32.8 Å². The molecule has 0 spiro atoms. The number of anilines is 1. The standard InChI is InChI=1S/C16H23ClN2/c1-16(2,3)12-7-9-19(10-8-12)15-6-4-5-14(17)13(15)11-18/h4-7H,8-11,18H2,1-3H3. The van der Waals surface area contributed by atoms with Crippen LogP contribution >= 0.6 is 11.6 Å². The van der Waals surface area contributed by atoms with Gasteiger partial charge in [-0.05, 0) is 24.0 Å². The maximum Gasteiger partial charge on any atom is 0.0471 e. The molecule has 1 heterocycles. The Bertz CT molecular complexity index is 486. The molecule has 0 amide bonds. The van der Waals surface area contributed by atoms with Gasteiger partial charge in [0.15, 0.2) is 0 Å². The SMILES string of the molecule is CC(C)(C)C1=CCN(c2cccc(Cl)c2CN)CC1. The van der Waals surface area contributed by atoms with Gasteiger partial charge < -0.3 is 10.6 Å². The molecule has 1 aromatic rings. The second-order valence-electron chi connectivity index (χ2n) is 6.12. The Morgan fingerprint density at radius 2 is 2.05 bits per heavy atom. The van der Waals surface area contributed by atoms with E-state index in [1.165, 1.54) is 5.69 Å². The van der Waals surface area contributed by atoms with Gasteiger partial charge >= 0.3 is 0 Å². The van der Waals surface area contributed by atoms with Crippen LogP contribution in [0, 0.1) is 5.41 Å². The van der Waals surface area contributed by atoms with Crippen molar-refractivity contribution in [1.29, 1.82) is 0 Å². The average Bonchev–Trinajstić information content (AvgIpc) is 2.37. The van der Waals surface area contributed by atoms with Gasteiger partial charge in [-0.1, -0.05) is 50.1 Å². The van der Waals surface area contributed by atoms with Gasteiger partial charge in [0.25, 0.3) is 0 Å². The minimum atomic E-state index is 0.275. The summed E-state index contributed by atoms with van der Waals surface area (Å²) in [7, 11) is 0. The Balaban J connectivity index is 2.23. The molecule has 104 valence electrons. The molecule has 2 N–H and O–H groups in total. The molecular formula is C16H23ClN2. The van der Waals surface area contributed by atoms with Crippen LogP contribution in [0.3, 0.4) is 0 Å². The van der Waals surface area contributed by atoms with Crippen LogP contribution in [0.4, 0.5) is 5.69 Å². The Morgan fingerprint density at radius 1 is 1.32 bits per heavy atom. The minimum Gasteiger partial charge on any atom is -0.367 e. The van der Waals surface area contributed by atoms with Crippen molar-refractivity contribution in [2.75, 3.05) is 18.0 Å². The second kappa shape index (κ2) is 5.56. The number of benzene rings is 1. The molecule has 2 rings (SSSR count). The third kappa shape index (κ3) is 3.13. The molecule has 1 aliphatic heterocycles. The molecule has 0 aliphatic carbocycles. The Morgan fingerprint density at radius 3 is 2.58 bits per heavy atom. The summed E-state index contributed by atoms with van der Waals surface area (Å²) in [5, 5.41) is 0.769. The van der Waals surface area contributed by atoms with E-state index in [4.69, 9.17) is 17.3 Å². The van der Waals surface area contributed by atoms with E-state index in [1.807, 2.05) is 12.1 Å². The number of nitrogens with two attached hydrogens (primary N) is 1. The lowest BCUT2D eigenvalue weighted by molar-refractivity contribution is 0.472. The van der Waals surface area contributed by atoms with E-state index in [0.29, 0.717) is 6.54 Å². The van der Waals surface area contributed by atoms with Gasteiger partial charge in [-0.3, -0.25) is 0 Å². The highest BCUT2D eigenvalue weighted by molar-refractivity contribution is 6.31. The molecule has 0 aromatic heterocycles. The van der Waals surface area contributed by atoms with Crippen LogP contribution in [-0.4, -0.2) is 13.1 Å². The van der Waals surface area contributed by atoms with E-state index in [1.54, 1.807) is 5.57 Å². The topological polar surface area (TPSA) is 29.3 Å². The summed E-state index contributed by atoms with van der Waals surface area (Å²) in [6, 6.07) is 6.03. The first kappa shape index (κ1) is 14.4. The second-order valence-corrected chi connectivity index (χ2v) is 6.52.